The van der Waals surface area contributed by atoms with Gasteiger partial charge in [0.05, 0.1) is 11.3 Å². The Morgan fingerprint density at radius 2 is 2.18 bits per heavy atom. The van der Waals surface area contributed by atoms with E-state index in [1.807, 2.05) is 0 Å². The summed E-state index contributed by atoms with van der Waals surface area (Å²) in [6.07, 6.45) is 0. The highest BCUT2D eigenvalue weighted by Crippen LogP contribution is 2.20. The van der Waals surface area contributed by atoms with E-state index in [2.05, 4.69) is 11.4 Å². The SMILES string of the molecule is O=C1Nc2c[c]ccc2C1=O. The van der Waals surface area contributed by atoms with Crippen LogP contribution >= 0.6 is 0 Å². The number of amides is 1. The second-order valence-electron chi connectivity index (χ2n) is 2.25. The molecule has 0 unspecified atom stereocenters. The van der Waals surface area contributed by atoms with Gasteiger partial charge in [0.15, 0.2) is 0 Å². The van der Waals surface area contributed by atoms with Crippen molar-refractivity contribution in [3.8, 4) is 0 Å². The van der Waals surface area contributed by atoms with Crippen LogP contribution in [0.25, 0.3) is 0 Å². The molecule has 0 fully saturated rings. The van der Waals surface area contributed by atoms with Crippen molar-refractivity contribution in [3.63, 3.8) is 0 Å². The highest BCUT2D eigenvalue weighted by molar-refractivity contribution is 6.51. The van der Waals surface area contributed by atoms with Gasteiger partial charge in [-0.05, 0) is 18.2 Å². The number of Topliss-reactive ketones (excluding diaryl/α,β-unsaturated/α-hetero) is 1. The van der Waals surface area contributed by atoms with Crippen LogP contribution in [0.5, 0.6) is 0 Å². The standard InChI is InChI=1S/C8H4NO2/c10-7-5-3-1-2-4-6(5)9-8(7)11/h1,3-4H,(H,9,10,11). The van der Waals surface area contributed by atoms with Crippen molar-refractivity contribution in [3.05, 3.63) is 29.8 Å². The number of carbonyl (C=O) groups is 2. The van der Waals surface area contributed by atoms with Crippen molar-refractivity contribution >= 4 is 17.4 Å². The summed E-state index contributed by atoms with van der Waals surface area (Å²) in [5.41, 5.74) is 0.997. The fraction of sp³-hybridized carbons (Fsp3) is 0. The lowest BCUT2D eigenvalue weighted by Gasteiger charge is -1.91. The molecule has 1 N–H and O–H groups in total. The zero-order valence-corrected chi connectivity index (χ0v) is 5.55. The molecule has 1 amide bonds. The van der Waals surface area contributed by atoms with Gasteiger partial charge in [-0.25, -0.2) is 0 Å². The molecule has 0 aromatic heterocycles. The van der Waals surface area contributed by atoms with Crippen molar-refractivity contribution in [1.82, 2.24) is 0 Å². The molecule has 1 aromatic carbocycles. The Balaban J connectivity index is 2.64. The monoisotopic (exact) mass is 146 g/mol. The number of nitrogens with one attached hydrogen (secondary N) is 1. The first-order chi connectivity index (χ1) is 5.29. The van der Waals surface area contributed by atoms with Gasteiger partial charge in [0.1, 0.15) is 0 Å². The predicted octanol–water partition coefficient (Wildman–Crippen LogP) is 0.622. The molecule has 1 aromatic rings. The highest BCUT2D eigenvalue weighted by Gasteiger charge is 2.26. The molecule has 0 saturated carbocycles. The molecule has 1 radical (unpaired) electrons. The van der Waals surface area contributed by atoms with Gasteiger partial charge in [-0.15, -0.1) is 0 Å². The summed E-state index contributed by atoms with van der Waals surface area (Å²) in [7, 11) is 0. The lowest BCUT2D eigenvalue weighted by molar-refractivity contribution is -0.112. The summed E-state index contributed by atoms with van der Waals surface area (Å²) < 4.78 is 0. The van der Waals surface area contributed by atoms with Gasteiger partial charge >= 0.3 is 0 Å². The molecule has 3 nitrogen and oxygen atoms in total. The molecule has 2 rings (SSSR count). The number of benzene rings is 1. The number of anilines is 1. The van der Waals surface area contributed by atoms with E-state index in [1.165, 1.54) is 0 Å². The minimum Gasteiger partial charge on any atom is -0.318 e. The van der Waals surface area contributed by atoms with Crippen molar-refractivity contribution in [1.29, 1.82) is 0 Å². The van der Waals surface area contributed by atoms with Crippen molar-refractivity contribution in [2.45, 2.75) is 0 Å². The molecule has 11 heavy (non-hydrogen) atoms. The topological polar surface area (TPSA) is 46.2 Å². The molecule has 3 heteroatoms. The Morgan fingerprint density at radius 3 is 2.91 bits per heavy atom. The Hall–Kier alpha value is -1.64. The fourth-order valence-corrected chi connectivity index (χ4v) is 1.03. The number of carbonyl (C=O) groups excluding carboxylic acids is 2. The van der Waals surface area contributed by atoms with E-state index < -0.39 is 11.7 Å². The van der Waals surface area contributed by atoms with E-state index in [0.29, 0.717) is 11.3 Å². The van der Waals surface area contributed by atoms with E-state index in [9.17, 15) is 9.59 Å². The van der Waals surface area contributed by atoms with Crippen LogP contribution in [-0.2, 0) is 4.79 Å². The van der Waals surface area contributed by atoms with E-state index in [-0.39, 0.29) is 0 Å². The molecule has 1 aliphatic rings. The van der Waals surface area contributed by atoms with Crippen molar-refractivity contribution in [2.24, 2.45) is 0 Å². The van der Waals surface area contributed by atoms with Crippen LogP contribution in [0.2, 0.25) is 0 Å². The molecule has 0 aliphatic carbocycles. The van der Waals surface area contributed by atoms with Gasteiger partial charge in [0.25, 0.3) is 11.7 Å². The van der Waals surface area contributed by atoms with Gasteiger partial charge < -0.3 is 5.32 Å². The Morgan fingerprint density at radius 1 is 1.36 bits per heavy atom. The largest absolute Gasteiger partial charge is 0.318 e. The first-order valence-corrected chi connectivity index (χ1v) is 3.15. The van der Waals surface area contributed by atoms with E-state index in [0.717, 1.165) is 0 Å². The maximum atomic E-state index is 11.0. The Kier molecular flexibility index (Phi) is 1.06. The molecule has 1 aliphatic heterocycles. The van der Waals surface area contributed by atoms with E-state index in [1.54, 1.807) is 18.2 Å². The summed E-state index contributed by atoms with van der Waals surface area (Å²) >= 11 is 0. The Labute approximate surface area is 63.0 Å². The number of hydrogen-bond acceptors (Lipinski definition) is 2. The van der Waals surface area contributed by atoms with Crippen LogP contribution in [0.3, 0.4) is 0 Å². The van der Waals surface area contributed by atoms with Gasteiger partial charge in [-0.2, -0.15) is 0 Å². The minimum atomic E-state index is -0.556. The molecular formula is C8H4NO2. The van der Waals surface area contributed by atoms with Crippen LogP contribution in [0.4, 0.5) is 5.69 Å². The molecule has 0 saturated heterocycles. The van der Waals surface area contributed by atoms with Crippen LogP contribution in [-0.4, -0.2) is 11.7 Å². The molecule has 0 atom stereocenters. The zero-order chi connectivity index (χ0) is 7.84. The maximum absolute atomic E-state index is 11.0. The molecule has 0 bridgehead atoms. The third-order valence-electron chi connectivity index (χ3n) is 1.56. The highest BCUT2D eigenvalue weighted by atomic mass is 16.2. The first-order valence-electron chi connectivity index (χ1n) is 3.15. The molecule has 0 spiro atoms. The predicted molar refractivity (Wildman–Crippen MR) is 38.2 cm³/mol. The van der Waals surface area contributed by atoms with E-state index in [4.69, 9.17) is 0 Å². The summed E-state index contributed by atoms with van der Waals surface area (Å²) in [6, 6.07) is 7.54. The summed E-state index contributed by atoms with van der Waals surface area (Å²) in [5, 5.41) is 2.43. The quantitative estimate of drug-likeness (QED) is 0.545. The average Bonchev–Trinajstić information content (AvgIpc) is 2.30. The maximum Gasteiger partial charge on any atom is 0.296 e. The van der Waals surface area contributed by atoms with Crippen molar-refractivity contribution < 1.29 is 9.59 Å². The summed E-state index contributed by atoms with van der Waals surface area (Å²) in [6.45, 7) is 0. The smallest absolute Gasteiger partial charge is 0.296 e. The van der Waals surface area contributed by atoms with Gasteiger partial charge in [0, 0.05) is 0 Å². The number of hydrogen-bond donors (Lipinski definition) is 1. The molecular weight excluding hydrogens is 142 g/mol. The van der Waals surface area contributed by atoms with Crippen molar-refractivity contribution in [2.75, 3.05) is 5.32 Å². The summed E-state index contributed by atoms with van der Waals surface area (Å²) in [5.74, 6) is -1.02. The molecule has 1 heterocycles. The third kappa shape index (κ3) is 0.741. The van der Waals surface area contributed by atoms with Gasteiger partial charge in [0.2, 0.25) is 0 Å². The first kappa shape index (κ1) is 6.09. The second-order valence-corrected chi connectivity index (χ2v) is 2.25. The van der Waals surface area contributed by atoms with E-state index >= 15 is 0 Å². The third-order valence-corrected chi connectivity index (χ3v) is 1.56. The lowest BCUT2D eigenvalue weighted by Crippen LogP contribution is -2.12. The van der Waals surface area contributed by atoms with Crippen LogP contribution < -0.4 is 5.32 Å². The lowest BCUT2D eigenvalue weighted by atomic mass is 10.1. The Bertz CT molecular complexity index is 344. The number of rotatable bonds is 0. The summed E-state index contributed by atoms with van der Waals surface area (Å²) in [4.78, 5) is 21.7. The van der Waals surface area contributed by atoms with Gasteiger partial charge in [-0.1, -0.05) is 6.07 Å². The van der Waals surface area contributed by atoms with Crippen LogP contribution in [0, 0.1) is 6.07 Å². The minimum absolute atomic E-state index is 0.439. The fourth-order valence-electron chi connectivity index (χ4n) is 1.03. The second kappa shape index (κ2) is 1.92. The normalized spacial score (nSPS) is 14.5. The van der Waals surface area contributed by atoms with Crippen LogP contribution in [0.15, 0.2) is 18.2 Å². The zero-order valence-electron chi connectivity index (χ0n) is 5.55. The number of fused-ring (bicyclic) bond motifs is 1. The van der Waals surface area contributed by atoms with Crippen LogP contribution in [0.1, 0.15) is 10.4 Å². The molecule has 53 valence electrons. The average molecular weight is 146 g/mol. The number of ketones is 1. The van der Waals surface area contributed by atoms with Gasteiger partial charge in [-0.3, -0.25) is 9.59 Å².